The van der Waals surface area contributed by atoms with Gasteiger partial charge in [-0.1, -0.05) is 6.92 Å². The summed E-state index contributed by atoms with van der Waals surface area (Å²) in [5.41, 5.74) is 6.64. The maximum atomic E-state index is 11.5. The van der Waals surface area contributed by atoms with Crippen LogP contribution in [0.4, 0.5) is 5.69 Å². The van der Waals surface area contributed by atoms with Crippen molar-refractivity contribution in [2.45, 2.75) is 19.8 Å². The zero-order valence-corrected chi connectivity index (χ0v) is 11.0. The average molecular weight is 260 g/mol. The van der Waals surface area contributed by atoms with E-state index in [2.05, 4.69) is 21.6 Å². The molecule has 0 aliphatic heterocycles. The lowest BCUT2D eigenvalue weighted by molar-refractivity contribution is 0.0594. The normalized spacial score (nSPS) is 10.4. The van der Waals surface area contributed by atoms with Crippen LogP contribution in [0.15, 0.2) is 24.5 Å². The topological polar surface area (TPSA) is 83.0 Å². The highest BCUT2D eigenvalue weighted by Gasteiger charge is 2.13. The number of esters is 1. The Balaban J connectivity index is 2.48. The van der Waals surface area contributed by atoms with Gasteiger partial charge in [0.1, 0.15) is 5.82 Å². The summed E-state index contributed by atoms with van der Waals surface area (Å²) in [4.78, 5) is 20.0. The first kappa shape index (κ1) is 13.1. The smallest absolute Gasteiger partial charge is 0.356 e. The zero-order valence-electron chi connectivity index (χ0n) is 11.0. The standard InChI is InChI=1S/C13H16N4O2/c1-3-4-11-15-7-8-17(11)12-9(14)5-6-10(16-12)13(18)19-2/h5-8H,3-4,14H2,1-2H3. The number of hydrogen-bond acceptors (Lipinski definition) is 5. The summed E-state index contributed by atoms with van der Waals surface area (Å²) in [7, 11) is 1.32. The fourth-order valence-corrected chi connectivity index (χ4v) is 1.81. The number of methoxy groups -OCH3 is 1. The lowest BCUT2D eigenvalue weighted by atomic mass is 10.3. The van der Waals surface area contributed by atoms with E-state index < -0.39 is 5.97 Å². The summed E-state index contributed by atoms with van der Waals surface area (Å²) in [5.74, 6) is 0.881. The van der Waals surface area contributed by atoms with E-state index in [9.17, 15) is 4.79 Å². The van der Waals surface area contributed by atoms with Crippen molar-refractivity contribution < 1.29 is 9.53 Å². The van der Waals surface area contributed by atoms with E-state index in [1.165, 1.54) is 7.11 Å². The van der Waals surface area contributed by atoms with Crippen molar-refractivity contribution in [2.24, 2.45) is 0 Å². The van der Waals surface area contributed by atoms with Gasteiger partial charge >= 0.3 is 5.97 Å². The maximum Gasteiger partial charge on any atom is 0.356 e. The number of pyridine rings is 1. The van der Waals surface area contributed by atoms with E-state index in [1.807, 2.05) is 0 Å². The molecule has 0 aliphatic rings. The molecule has 100 valence electrons. The molecule has 2 aromatic heterocycles. The van der Waals surface area contributed by atoms with Crippen LogP contribution in [0.1, 0.15) is 29.7 Å². The number of rotatable bonds is 4. The van der Waals surface area contributed by atoms with Gasteiger partial charge in [-0.2, -0.15) is 0 Å². The summed E-state index contributed by atoms with van der Waals surface area (Å²) in [6, 6.07) is 3.19. The van der Waals surface area contributed by atoms with E-state index in [-0.39, 0.29) is 5.69 Å². The first-order chi connectivity index (χ1) is 9.17. The van der Waals surface area contributed by atoms with Crippen molar-refractivity contribution in [3.63, 3.8) is 0 Å². The number of anilines is 1. The summed E-state index contributed by atoms with van der Waals surface area (Å²) in [6.45, 7) is 2.07. The first-order valence-electron chi connectivity index (χ1n) is 6.04. The van der Waals surface area contributed by atoms with Gasteiger partial charge in [0, 0.05) is 18.8 Å². The van der Waals surface area contributed by atoms with Crippen LogP contribution >= 0.6 is 0 Å². The van der Waals surface area contributed by atoms with Gasteiger partial charge in [0.25, 0.3) is 0 Å². The SMILES string of the molecule is CCCc1nccn1-c1nc(C(=O)OC)ccc1N. The van der Waals surface area contributed by atoms with Crippen LogP contribution in [0, 0.1) is 0 Å². The van der Waals surface area contributed by atoms with Crippen LogP contribution in [0.25, 0.3) is 5.82 Å². The molecule has 2 heterocycles. The van der Waals surface area contributed by atoms with Gasteiger partial charge in [-0.3, -0.25) is 4.57 Å². The van der Waals surface area contributed by atoms with E-state index in [0.717, 1.165) is 18.7 Å². The fourth-order valence-electron chi connectivity index (χ4n) is 1.81. The molecule has 6 heteroatoms. The van der Waals surface area contributed by atoms with Gasteiger partial charge in [-0.15, -0.1) is 0 Å². The Labute approximate surface area is 111 Å². The van der Waals surface area contributed by atoms with Gasteiger partial charge in [0.15, 0.2) is 11.5 Å². The molecule has 0 aliphatic carbocycles. The highest BCUT2D eigenvalue weighted by Crippen LogP contribution is 2.18. The maximum absolute atomic E-state index is 11.5. The minimum Gasteiger partial charge on any atom is -0.464 e. The predicted molar refractivity (Wildman–Crippen MR) is 71.1 cm³/mol. The van der Waals surface area contributed by atoms with Gasteiger partial charge in [0.05, 0.1) is 12.8 Å². The van der Waals surface area contributed by atoms with Gasteiger partial charge < -0.3 is 10.5 Å². The third kappa shape index (κ3) is 2.57. The van der Waals surface area contributed by atoms with E-state index in [0.29, 0.717) is 11.5 Å². The first-order valence-corrected chi connectivity index (χ1v) is 6.04. The Morgan fingerprint density at radius 1 is 1.47 bits per heavy atom. The third-order valence-corrected chi connectivity index (χ3v) is 2.72. The number of ether oxygens (including phenoxy) is 1. The number of carbonyl (C=O) groups excluding carboxylic acids is 1. The molecule has 0 spiro atoms. The Hall–Kier alpha value is -2.37. The summed E-state index contributed by atoms with van der Waals surface area (Å²) in [5, 5.41) is 0. The molecule has 0 atom stereocenters. The molecule has 19 heavy (non-hydrogen) atoms. The second-order valence-corrected chi connectivity index (χ2v) is 4.06. The molecule has 0 unspecified atom stereocenters. The molecule has 6 nitrogen and oxygen atoms in total. The summed E-state index contributed by atoms with van der Waals surface area (Å²) < 4.78 is 6.46. The Bertz CT molecular complexity index is 592. The Kier molecular flexibility index (Phi) is 3.79. The molecule has 2 rings (SSSR count). The second kappa shape index (κ2) is 5.51. The number of aromatic nitrogens is 3. The summed E-state index contributed by atoms with van der Waals surface area (Å²) in [6.07, 6.45) is 5.26. The lowest BCUT2D eigenvalue weighted by Gasteiger charge is -2.10. The number of nitrogens with two attached hydrogens (primary N) is 1. The van der Waals surface area contributed by atoms with Crippen LogP contribution in [-0.4, -0.2) is 27.6 Å². The van der Waals surface area contributed by atoms with Crippen molar-refractivity contribution in [3.05, 3.63) is 36.0 Å². The van der Waals surface area contributed by atoms with E-state index in [4.69, 9.17) is 5.73 Å². The average Bonchev–Trinajstić information content (AvgIpc) is 2.87. The van der Waals surface area contributed by atoms with Crippen molar-refractivity contribution in [1.82, 2.24) is 14.5 Å². The number of aryl methyl sites for hydroxylation is 1. The van der Waals surface area contributed by atoms with E-state index >= 15 is 0 Å². The molecular weight excluding hydrogens is 244 g/mol. The van der Waals surface area contributed by atoms with Crippen LogP contribution in [0.2, 0.25) is 0 Å². The highest BCUT2D eigenvalue weighted by atomic mass is 16.5. The monoisotopic (exact) mass is 260 g/mol. The number of nitrogen functional groups attached to an aromatic ring is 1. The highest BCUT2D eigenvalue weighted by molar-refractivity contribution is 5.88. The number of nitrogens with zero attached hydrogens (tertiary/aromatic N) is 3. The minimum absolute atomic E-state index is 0.225. The van der Waals surface area contributed by atoms with Gasteiger partial charge in [-0.05, 0) is 18.6 Å². The minimum atomic E-state index is -0.488. The Morgan fingerprint density at radius 3 is 2.95 bits per heavy atom. The summed E-state index contributed by atoms with van der Waals surface area (Å²) >= 11 is 0. The van der Waals surface area contributed by atoms with Crippen molar-refractivity contribution in [3.8, 4) is 5.82 Å². The molecule has 0 aromatic carbocycles. The molecule has 0 fully saturated rings. The van der Waals surface area contributed by atoms with Crippen LogP contribution in [0.5, 0.6) is 0 Å². The quantitative estimate of drug-likeness (QED) is 0.844. The molecular formula is C13H16N4O2. The van der Waals surface area contributed by atoms with Crippen LogP contribution in [0.3, 0.4) is 0 Å². The molecule has 0 saturated heterocycles. The molecule has 2 aromatic rings. The second-order valence-electron chi connectivity index (χ2n) is 4.06. The van der Waals surface area contributed by atoms with Crippen molar-refractivity contribution >= 4 is 11.7 Å². The van der Waals surface area contributed by atoms with Gasteiger partial charge in [0.2, 0.25) is 0 Å². The van der Waals surface area contributed by atoms with Crippen LogP contribution < -0.4 is 5.73 Å². The third-order valence-electron chi connectivity index (χ3n) is 2.72. The van der Waals surface area contributed by atoms with E-state index in [1.54, 1.807) is 29.1 Å². The largest absolute Gasteiger partial charge is 0.464 e. The number of hydrogen-bond donors (Lipinski definition) is 1. The number of imidazole rings is 1. The molecule has 2 N–H and O–H groups in total. The van der Waals surface area contributed by atoms with Crippen molar-refractivity contribution in [1.29, 1.82) is 0 Å². The molecule has 0 bridgehead atoms. The zero-order chi connectivity index (χ0) is 13.8. The van der Waals surface area contributed by atoms with Gasteiger partial charge in [-0.25, -0.2) is 14.8 Å². The Morgan fingerprint density at radius 2 is 2.26 bits per heavy atom. The lowest BCUT2D eigenvalue weighted by Crippen LogP contribution is -2.11. The molecule has 0 amide bonds. The van der Waals surface area contributed by atoms with Crippen LogP contribution in [-0.2, 0) is 11.2 Å². The molecule has 0 saturated carbocycles. The number of carbonyl (C=O) groups is 1. The predicted octanol–water partition coefficient (Wildman–Crippen LogP) is 1.59. The van der Waals surface area contributed by atoms with Crippen molar-refractivity contribution in [2.75, 3.05) is 12.8 Å². The fraction of sp³-hybridized carbons (Fsp3) is 0.308. The molecule has 0 radical (unpaired) electrons.